The van der Waals surface area contributed by atoms with Crippen LogP contribution in [0, 0.1) is 15.9 Å². The fourth-order valence-electron chi connectivity index (χ4n) is 2.71. The number of nitrogens with two attached hydrogens (primary N) is 1. The molecule has 2 aromatic rings. The zero-order valence-electron chi connectivity index (χ0n) is 11.3. The van der Waals surface area contributed by atoms with Crippen LogP contribution in [0.25, 0.3) is 0 Å². The van der Waals surface area contributed by atoms with Gasteiger partial charge in [0.1, 0.15) is 0 Å². The van der Waals surface area contributed by atoms with Crippen LogP contribution in [0.4, 0.5) is 21.5 Å². The lowest BCUT2D eigenvalue weighted by Crippen LogP contribution is -2.31. The number of anilines is 2. The lowest BCUT2D eigenvalue weighted by Gasteiger charge is -2.31. The Hall–Kier alpha value is -2.63. The third kappa shape index (κ3) is 2.40. The molecule has 0 fully saturated rings. The highest BCUT2D eigenvalue weighted by Gasteiger charge is 2.21. The molecule has 108 valence electrons. The van der Waals surface area contributed by atoms with Crippen LogP contribution in [-0.4, -0.2) is 11.5 Å². The minimum Gasteiger partial charge on any atom is -0.398 e. The number of nitrogen functional groups attached to an aromatic ring is 1. The van der Waals surface area contributed by atoms with Gasteiger partial charge in [0.25, 0.3) is 5.69 Å². The fraction of sp³-hybridized carbons (Fsp3) is 0.200. The Morgan fingerprint density at radius 2 is 2.10 bits per heavy atom. The number of nitro benzene ring substituents is 1. The first-order valence-electron chi connectivity index (χ1n) is 6.61. The van der Waals surface area contributed by atoms with Crippen molar-refractivity contribution >= 4 is 17.1 Å². The highest BCUT2D eigenvalue weighted by Crippen LogP contribution is 2.30. The van der Waals surface area contributed by atoms with E-state index in [2.05, 4.69) is 0 Å². The van der Waals surface area contributed by atoms with Gasteiger partial charge >= 0.3 is 0 Å². The summed E-state index contributed by atoms with van der Waals surface area (Å²) >= 11 is 0. The average Bonchev–Trinajstić information content (AvgIpc) is 2.47. The van der Waals surface area contributed by atoms with Gasteiger partial charge in [-0.25, -0.2) is 4.39 Å². The average molecular weight is 287 g/mol. The molecule has 2 N–H and O–H groups in total. The van der Waals surface area contributed by atoms with Crippen molar-refractivity contribution in [3.05, 3.63) is 63.5 Å². The van der Waals surface area contributed by atoms with E-state index in [0.717, 1.165) is 29.3 Å². The van der Waals surface area contributed by atoms with Gasteiger partial charge in [0.2, 0.25) is 0 Å². The van der Waals surface area contributed by atoms with Gasteiger partial charge in [0, 0.05) is 24.8 Å². The van der Waals surface area contributed by atoms with Crippen molar-refractivity contribution < 1.29 is 9.31 Å². The van der Waals surface area contributed by atoms with Crippen molar-refractivity contribution in [1.29, 1.82) is 0 Å². The molecule has 0 aliphatic carbocycles. The predicted molar refractivity (Wildman–Crippen MR) is 78.7 cm³/mol. The molecule has 0 saturated heterocycles. The molecule has 0 aromatic heterocycles. The van der Waals surface area contributed by atoms with Crippen LogP contribution in [0.2, 0.25) is 0 Å². The number of benzene rings is 2. The van der Waals surface area contributed by atoms with Crippen LogP contribution >= 0.6 is 0 Å². The molecule has 2 aromatic carbocycles. The number of nitro groups is 1. The van der Waals surface area contributed by atoms with E-state index in [-0.39, 0.29) is 5.69 Å². The Balaban J connectivity index is 1.91. The first kappa shape index (κ1) is 13.4. The SMILES string of the molecule is Nc1cccc2c1CCN(c1ccc([N+](=O)[O-])cc1F)C2. The minimum absolute atomic E-state index is 0.238. The monoisotopic (exact) mass is 287 g/mol. The fourth-order valence-corrected chi connectivity index (χ4v) is 2.71. The van der Waals surface area contributed by atoms with E-state index in [0.29, 0.717) is 18.8 Å². The molecule has 1 heterocycles. The van der Waals surface area contributed by atoms with Gasteiger partial charge in [-0.05, 0) is 29.7 Å². The Labute approximate surface area is 120 Å². The van der Waals surface area contributed by atoms with Gasteiger partial charge in [-0.3, -0.25) is 10.1 Å². The summed E-state index contributed by atoms with van der Waals surface area (Å²) in [7, 11) is 0. The van der Waals surface area contributed by atoms with Gasteiger partial charge in [0.15, 0.2) is 5.82 Å². The van der Waals surface area contributed by atoms with Crippen molar-refractivity contribution in [2.24, 2.45) is 0 Å². The van der Waals surface area contributed by atoms with Crippen LogP contribution in [0.3, 0.4) is 0 Å². The summed E-state index contributed by atoms with van der Waals surface area (Å²) in [4.78, 5) is 11.9. The summed E-state index contributed by atoms with van der Waals surface area (Å²) in [5.41, 5.74) is 9.02. The number of fused-ring (bicyclic) bond motifs is 1. The van der Waals surface area contributed by atoms with E-state index in [9.17, 15) is 14.5 Å². The highest BCUT2D eigenvalue weighted by atomic mass is 19.1. The molecule has 1 aliphatic rings. The quantitative estimate of drug-likeness (QED) is 0.523. The maximum atomic E-state index is 14.1. The lowest BCUT2D eigenvalue weighted by atomic mass is 9.97. The van der Waals surface area contributed by atoms with Crippen molar-refractivity contribution in [2.45, 2.75) is 13.0 Å². The molecule has 6 heteroatoms. The molecular weight excluding hydrogens is 273 g/mol. The topological polar surface area (TPSA) is 72.4 Å². The maximum Gasteiger partial charge on any atom is 0.272 e. The number of rotatable bonds is 2. The first-order valence-corrected chi connectivity index (χ1v) is 6.61. The molecule has 0 amide bonds. The summed E-state index contributed by atoms with van der Waals surface area (Å²) in [5.74, 6) is -0.573. The van der Waals surface area contributed by atoms with Crippen LogP contribution < -0.4 is 10.6 Å². The van der Waals surface area contributed by atoms with Crippen LogP contribution in [0.15, 0.2) is 36.4 Å². The third-order valence-corrected chi connectivity index (χ3v) is 3.78. The molecule has 0 bridgehead atoms. The smallest absolute Gasteiger partial charge is 0.272 e. The second kappa shape index (κ2) is 5.05. The molecule has 0 saturated carbocycles. The molecule has 5 nitrogen and oxygen atoms in total. The van der Waals surface area contributed by atoms with Gasteiger partial charge in [-0.2, -0.15) is 0 Å². The molecule has 0 spiro atoms. The lowest BCUT2D eigenvalue weighted by molar-refractivity contribution is -0.385. The van der Waals surface area contributed by atoms with E-state index in [1.807, 2.05) is 23.1 Å². The van der Waals surface area contributed by atoms with Gasteiger partial charge in [0.05, 0.1) is 16.7 Å². The van der Waals surface area contributed by atoms with Crippen LogP contribution in [-0.2, 0) is 13.0 Å². The normalized spacial score (nSPS) is 13.9. The van der Waals surface area contributed by atoms with E-state index in [1.165, 1.54) is 12.1 Å². The van der Waals surface area contributed by atoms with Crippen molar-refractivity contribution in [3.63, 3.8) is 0 Å². The molecule has 3 rings (SSSR count). The zero-order chi connectivity index (χ0) is 15.0. The summed E-state index contributed by atoms with van der Waals surface area (Å²) in [6.07, 6.45) is 0.735. The number of hydrogen-bond acceptors (Lipinski definition) is 4. The summed E-state index contributed by atoms with van der Waals surface area (Å²) in [6.45, 7) is 1.19. The minimum atomic E-state index is -0.598. The van der Waals surface area contributed by atoms with Crippen molar-refractivity contribution in [3.8, 4) is 0 Å². The van der Waals surface area contributed by atoms with Gasteiger partial charge in [-0.1, -0.05) is 12.1 Å². The number of halogens is 1. The predicted octanol–water partition coefficient (Wildman–Crippen LogP) is 2.88. The number of hydrogen-bond donors (Lipinski definition) is 1. The number of non-ortho nitro benzene ring substituents is 1. The van der Waals surface area contributed by atoms with Crippen LogP contribution in [0.1, 0.15) is 11.1 Å². The van der Waals surface area contributed by atoms with Crippen molar-refractivity contribution in [2.75, 3.05) is 17.2 Å². The largest absolute Gasteiger partial charge is 0.398 e. The Kier molecular flexibility index (Phi) is 3.21. The highest BCUT2D eigenvalue weighted by molar-refractivity contribution is 5.58. The number of nitrogens with zero attached hydrogens (tertiary/aromatic N) is 2. The summed E-state index contributed by atoms with van der Waals surface area (Å²) in [5, 5.41) is 10.7. The van der Waals surface area contributed by atoms with E-state index < -0.39 is 10.7 Å². The van der Waals surface area contributed by atoms with Crippen molar-refractivity contribution in [1.82, 2.24) is 0 Å². The summed E-state index contributed by atoms with van der Waals surface area (Å²) < 4.78 is 14.1. The Morgan fingerprint density at radius 3 is 2.81 bits per heavy atom. The maximum absolute atomic E-state index is 14.1. The Bertz CT molecular complexity index is 718. The zero-order valence-corrected chi connectivity index (χ0v) is 11.3. The molecule has 0 radical (unpaired) electrons. The Morgan fingerprint density at radius 1 is 1.29 bits per heavy atom. The van der Waals surface area contributed by atoms with Gasteiger partial charge in [-0.15, -0.1) is 0 Å². The molecule has 0 atom stereocenters. The van der Waals surface area contributed by atoms with E-state index in [1.54, 1.807) is 0 Å². The van der Waals surface area contributed by atoms with Crippen LogP contribution in [0.5, 0.6) is 0 Å². The molecular formula is C15H14FN3O2. The first-order chi connectivity index (χ1) is 10.1. The third-order valence-electron chi connectivity index (χ3n) is 3.78. The second-order valence-electron chi connectivity index (χ2n) is 5.05. The molecule has 21 heavy (non-hydrogen) atoms. The molecule has 0 unspecified atom stereocenters. The standard InChI is InChI=1S/C15H14FN3O2/c16-13-8-11(19(20)21)4-5-15(13)18-7-6-12-10(9-18)2-1-3-14(12)17/h1-5,8H,6-7,9,17H2. The van der Waals surface area contributed by atoms with Gasteiger partial charge < -0.3 is 10.6 Å². The van der Waals surface area contributed by atoms with E-state index >= 15 is 0 Å². The second-order valence-corrected chi connectivity index (χ2v) is 5.05. The van der Waals surface area contributed by atoms with E-state index in [4.69, 9.17) is 5.73 Å². The summed E-state index contributed by atoms with van der Waals surface area (Å²) in [6, 6.07) is 9.47. The molecule has 1 aliphatic heterocycles.